The number of piperidine rings is 1. The maximum Gasteiger partial charge on any atom is 0.511 e. The van der Waals surface area contributed by atoms with Crippen molar-refractivity contribution >= 4 is 27.3 Å². The van der Waals surface area contributed by atoms with E-state index in [4.69, 9.17) is 0 Å². The highest BCUT2D eigenvalue weighted by Crippen LogP contribution is 2.28. The molecule has 0 unspecified atom stereocenters. The highest BCUT2D eigenvalue weighted by molar-refractivity contribution is 7.90. The number of hydrogen-bond donors (Lipinski definition) is 1. The number of nitrogens with one attached hydrogen (secondary N) is 1. The van der Waals surface area contributed by atoms with Crippen LogP contribution in [-0.4, -0.2) is 48.3 Å². The minimum Gasteiger partial charge on any atom is -0.353 e. The number of halogens is 3. The zero-order valence-corrected chi connectivity index (χ0v) is 15.3. The number of aromatic nitrogens is 1. The van der Waals surface area contributed by atoms with Gasteiger partial charge in [0, 0.05) is 30.9 Å². The van der Waals surface area contributed by atoms with Crippen molar-refractivity contribution < 1.29 is 26.4 Å². The number of alkyl halides is 3. The first-order valence-electron chi connectivity index (χ1n) is 7.86. The Morgan fingerprint density at radius 3 is 2.56 bits per heavy atom. The molecule has 0 bridgehead atoms. The average molecular weight is 399 g/mol. The molecule has 1 aromatic rings. The van der Waals surface area contributed by atoms with Crippen molar-refractivity contribution in [2.24, 2.45) is 0 Å². The SMILES string of the molecule is Cc1nc(CCCC(=O)NC2CCN(S(=O)(=O)C(F)(F)F)CC2)cs1. The van der Waals surface area contributed by atoms with E-state index in [-0.39, 0.29) is 37.9 Å². The molecule has 1 aromatic heterocycles. The van der Waals surface area contributed by atoms with Gasteiger partial charge in [-0.3, -0.25) is 4.79 Å². The Balaban J connectivity index is 1.71. The molecule has 0 aromatic carbocycles. The van der Waals surface area contributed by atoms with E-state index in [1.165, 1.54) is 0 Å². The van der Waals surface area contributed by atoms with Gasteiger partial charge in [0.25, 0.3) is 0 Å². The summed E-state index contributed by atoms with van der Waals surface area (Å²) in [6.07, 6.45) is 1.98. The molecule has 142 valence electrons. The largest absolute Gasteiger partial charge is 0.511 e. The van der Waals surface area contributed by atoms with Gasteiger partial charge in [0.05, 0.1) is 10.7 Å². The molecule has 0 aliphatic carbocycles. The molecule has 6 nitrogen and oxygen atoms in total. The van der Waals surface area contributed by atoms with Gasteiger partial charge in [-0.15, -0.1) is 11.3 Å². The van der Waals surface area contributed by atoms with Crippen LogP contribution < -0.4 is 5.32 Å². The summed E-state index contributed by atoms with van der Waals surface area (Å²) in [5, 5.41) is 5.68. The lowest BCUT2D eigenvalue weighted by molar-refractivity contribution is -0.122. The van der Waals surface area contributed by atoms with Gasteiger partial charge in [-0.25, -0.2) is 13.4 Å². The Hall–Kier alpha value is -1.20. The Kier molecular flexibility index (Phi) is 6.44. The average Bonchev–Trinajstić information content (AvgIpc) is 2.92. The van der Waals surface area contributed by atoms with Gasteiger partial charge >= 0.3 is 15.5 Å². The summed E-state index contributed by atoms with van der Waals surface area (Å²) >= 11 is 1.55. The fourth-order valence-electron chi connectivity index (χ4n) is 2.64. The van der Waals surface area contributed by atoms with E-state index < -0.39 is 15.5 Å². The normalized spacial score (nSPS) is 17.6. The molecule has 1 aliphatic heterocycles. The Bertz CT molecular complexity index is 696. The summed E-state index contributed by atoms with van der Waals surface area (Å²) in [6, 6.07) is -0.297. The van der Waals surface area contributed by atoms with Crippen molar-refractivity contribution in [1.82, 2.24) is 14.6 Å². The van der Waals surface area contributed by atoms with Gasteiger partial charge < -0.3 is 5.32 Å². The molecule has 1 fully saturated rings. The lowest BCUT2D eigenvalue weighted by Crippen LogP contribution is -2.49. The number of hydrogen-bond acceptors (Lipinski definition) is 5. The fraction of sp³-hybridized carbons (Fsp3) is 0.714. The van der Waals surface area contributed by atoms with Crippen molar-refractivity contribution in [3.05, 3.63) is 16.1 Å². The zero-order chi connectivity index (χ0) is 18.7. The minimum absolute atomic E-state index is 0.173. The molecule has 0 saturated carbocycles. The predicted molar refractivity (Wildman–Crippen MR) is 87.5 cm³/mol. The number of rotatable bonds is 6. The van der Waals surface area contributed by atoms with Crippen LogP contribution in [0, 0.1) is 6.92 Å². The van der Waals surface area contributed by atoms with Crippen LogP contribution >= 0.6 is 11.3 Å². The maximum atomic E-state index is 12.5. The van der Waals surface area contributed by atoms with Gasteiger partial charge in [-0.05, 0) is 32.6 Å². The molecule has 0 radical (unpaired) electrons. The smallest absolute Gasteiger partial charge is 0.353 e. The van der Waals surface area contributed by atoms with E-state index >= 15 is 0 Å². The third kappa shape index (κ3) is 5.38. The third-order valence-corrected chi connectivity index (χ3v) is 6.41. The van der Waals surface area contributed by atoms with E-state index in [9.17, 15) is 26.4 Å². The second-order valence-electron chi connectivity index (χ2n) is 5.90. The van der Waals surface area contributed by atoms with E-state index in [1.54, 1.807) is 11.3 Å². The second kappa shape index (κ2) is 8.00. The highest BCUT2D eigenvalue weighted by Gasteiger charge is 2.50. The fourth-order valence-corrected chi connectivity index (χ4v) is 4.27. The van der Waals surface area contributed by atoms with Gasteiger partial charge in [-0.1, -0.05) is 0 Å². The van der Waals surface area contributed by atoms with Crippen LogP contribution in [0.4, 0.5) is 13.2 Å². The number of sulfonamides is 1. The van der Waals surface area contributed by atoms with Crippen LogP contribution in [0.25, 0.3) is 0 Å². The lowest BCUT2D eigenvalue weighted by Gasteiger charge is -2.31. The molecule has 1 N–H and O–H groups in total. The minimum atomic E-state index is -5.28. The number of nitrogens with zero attached hydrogens (tertiary/aromatic N) is 2. The van der Waals surface area contributed by atoms with Gasteiger partial charge in [0.2, 0.25) is 5.91 Å². The second-order valence-corrected chi connectivity index (χ2v) is 8.89. The molecule has 1 saturated heterocycles. The summed E-state index contributed by atoms with van der Waals surface area (Å²) in [4.78, 5) is 16.2. The van der Waals surface area contributed by atoms with Crippen molar-refractivity contribution in [3.8, 4) is 0 Å². The Labute approximate surface area is 148 Å². The third-order valence-electron chi connectivity index (χ3n) is 3.95. The summed E-state index contributed by atoms with van der Waals surface area (Å²) in [5.74, 6) is -0.177. The monoisotopic (exact) mass is 399 g/mol. The van der Waals surface area contributed by atoms with Crippen molar-refractivity contribution in [2.75, 3.05) is 13.1 Å². The van der Waals surface area contributed by atoms with Gasteiger partial charge in [0.15, 0.2) is 0 Å². The molecule has 0 atom stereocenters. The number of amides is 1. The topological polar surface area (TPSA) is 79.4 Å². The Morgan fingerprint density at radius 1 is 1.40 bits per heavy atom. The summed E-state index contributed by atoms with van der Waals surface area (Å²) in [7, 11) is -5.28. The number of carbonyl (C=O) groups excluding carboxylic acids is 1. The molecule has 2 heterocycles. The van der Waals surface area contributed by atoms with Crippen molar-refractivity contribution in [3.63, 3.8) is 0 Å². The predicted octanol–water partition coefficient (Wildman–Crippen LogP) is 2.20. The molecule has 2 rings (SSSR count). The van der Waals surface area contributed by atoms with Gasteiger partial charge in [0.1, 0.15) is 0 Å². The molecular formula is C14H20F3N3O3S2. The van der Waals surface area contributed by atoms with E-state index in [2.05, 4.69) is 10.3 Å². The van der Waals surface area contributed by atoms with Crippen LogP contribution in [0.2, 0.25) is 0 Å². The van der Waals surface area contributed by atoms with Crippen molar-refractivity contribution in [2.45, 2.75) is 50.6 Å². The Morgan fingerprint density at radius 2 is 2.04 bits per heavy atom. The zero-order valence-electron chi connectivity index (χ0n) is 13.7. The van der Waals surface area contributed by atoms with Crippen LogP contribution in [0.5, 0.6) is 0 Å². The molecule has 25 heavy (non-hydrogen) atoms. The standard InChI is InChI=1S/C14H20F3N3O3S2/c1-10-18-12(9-24-10)3-2-4-13(21)19-11-5-7-20(8-6-11)25(22,23)14(15,16)17/h9,11H,2-8H2,1H3,(H,19,21). The number of carbonyl (C=O) groups is 1. The number of aryl methyl sites for hydroxylation is 2. The molecule has 11 heteroatoms. The van der Waals surface area contributed by atoms with Crippen LogP contribution in [-0.2, 0) is 21.2 Å². The van der Waals surface area contributed by atoms with Gasteiger partial charge in [-0.2, -0.15) is 17.5 Å². The molecule has 0 spiro atoms. The quantitative estimate of drug-likeness (QED) is 0.795. The number of thiazole rings is 1. The van der Waals surface area contributed by atoms with E-state index in [0.717, 1.165) is 10.7 Å². The van der Waals surface area contributed by atoms with Crippen molar-refractivity contribution in [1.29, 1.82) is 0 Å². The first kappa shape index (κ1) is 20.1. The maximum absolute atomic E-state index is 12.5. The molecule has 1 aliphatic rings. The summed E-state index contributed by atoms with van der Waals surface area (Å²) in [5.41, 5.74) is -4.34. The van der Waals surface area contributed by atoms with E-state index in [0.29, 0.717) is 23.6 Å². The summed E-state index contributed by atoms with van der Waals surface area (Å²) < 4.78 is 60.6. The molecule has 1 amide bonds. The highest BCUT2D eigenvalue weighted by atomic mass is 32.2. The molecular weight excluding hydrogens is 379 g/mol. The first-order valence-corrected chi connectivity index (χ1v) is 10.2. The van der Waals surface area contributed by atoms with Crippen LogP contribution in [0.3, 0.4) is 0 Å². The van der Waals surface area contributed by atoms with Crippen LogP contribution in [0.15, 0.2) is 5.38 Å². The summed E-state index contributed by atoms with van der Waals surface area (Å²) in [6.45, 7) is 1.42. The lowest BCUT2D eigenvalue weighted by atomic mass is 10.1. The van der Waals surface area contributed by atoms with E-state index in [1.807, 2.05) is 12.3 Å². The first-order chi connectivity index (χ1) is 11.6. The van der Waals surface area contributed by atoms with Crippen LogP contribution in [0.1, 0.15) is 36.4 Å².